The molecule has 0 aliphatic carbocycles. The van der Waals surface area contributed by atoms with E-state index < -0.39 is 38.6 Å². The molecule has 172 valence electrons. The van der Waals surface area contributed by atoms with Crippen molar-refractivity contribution in [3.8, 4) is 5.75 Å². The number of amides is 1. The Morgan fingerprint density at radius 3 is 2.22 bits per heavy atom. The van der Waals surface area contributed by atoms with Crippen LogP contribution in [0.15, 0.2) is 47.4 Å². The minimum absolute atomic E-state index is 0.0123. The van der Waals surface area contributed by atoms with Gasteiger partial charge in [0.2, 0.25) is 10.0 Å². The summed E-state index contributed by atoms with van der Waals surface area (Å²) in [5.41, 5.74) is 1.23. The molecule has 2 rings (SSSR count). The topological polar surface area (TPSA) is 148 Å². The van der Waals surface area contributed by atoms with E-state index in [1.165, 1.54) is 48.6 Å². The number of hydrogen-bond acceptors (Lipinski definition) is 7. The fraction of sp³-hybridized carbons (Fsp3) is 0.250. The summed E-state index contributed by atoms with van der Waals surface area (Å²) in [6.07, 6.45) is -0.957. The van der Waals surface area contributed by atoms with Crippen LogP contribution in [0.1, 0.15) is 16.7 Å². The molecule has 0 aliphatic rings. The van der Waals surface area contributed by atoms with Crippen LogP contribution in [-0.4, -0.2) is 42.1 Å². The van der Waals surface area contributed by atoms with E-state index in [0.717, 1.165) is 5.56 Å². The molecule has 3 N–H and O–H groups in total. The molecule has 0 aromatic heterocycles. The van der Waals surface area contributed by atoms with Gasteiger partial charge in [-0.2, -0.15) is 4.72 Å². The van der Waals surface area contributed by atoms with Crippen LogP contribution in [-0.2, 0) is 26.2 Å². The van der Waals surface area contributed by atoms with E-state index in [4.69, 9.17) is 9.47 Å². The highest BCUT2D eigenvalue weighted by Crippen LogP contribution is 2.26. The summed E-state index contributed by atoms with van der Waals surface area (Å²) in [5.74, 6) is -1.38. The molecule has 1 unspecified atom stereocenters. The van der Waals surface area contributed by atoms with Gasteiger partial charge in [0.25, 0.3) is 3.91 Å². The van der Waals surface area contributed by atoms with Crippen molar-refractivity contribution in [3.05, 3.63) is 59.2 Å². The Hall–Kier alpha value is -2.71. The third kappa shape index (κ3) is 7.46. The number of sulfonamides is 1. The first kappa shape index (κ1) is 25.5. The molecule has 0 saturated carbocycles. The lowest BCUT2D eigenvalue weighted by molar-refractivity contribution is -0.138. The van der Waals surface area contributed by atoms with Crippen LogP contribution in [0, 0.1) is 13.8 Å². The van der Waals surface area contributed by atoms with Crippen molar-refractivity contribution in [2.24, 2.45) is 0 Å². The highest BCUT2D eigenvalue weighted by molar-refractivity contribution is 14.1. The van der Waals surface area contributed by atoms with Crippen molar-refractivity contribution in [1.82, 2.24) is 10.0 Å². The number of hydrogen-bond donors (Lipinski definition) is 3. The van der Waals surface area contributed by atoms with Crippen molar-refractivity contribution in [2.75, 3.05) is 6.54 Å². The van der Waals surface area contributed by atoms with Crippen LogP contribution in [0.5, 0.6) is 5.75 Å². The Bertz CT molecular complexity index is 1080. The fourth-order valence-electron chi connectivity index (χ4n) is 2.84. The Kier molecular flexibility index (Phi) is 8.98. The van der Waals surface area contributed by atoms with Gasteiger partial charge >= 0.3 is 12.1 Å². The molecule has 0 radical (unpaired) electrons. The zero-order chi connectivity index (χ0) is 23.9. The molecular formula is C20H21IN2O8S. The summed E-state index contributed by atoms with van der Waals surface area (Å²) < 4.78 is 37.3. The molecule has 0 fully saturated rings. The average molecular weight is 576 g/mol. The van der Waals surface area contributed by atoms with Gasteiger partial charge < -0.3 is 19.9 Å². The molecule has 2 aromatic rings. The third-order valence-corrected chi connectivity index (χ3v) is 6.30. The third-order valence-electron chi connectivity index (χ3n) is 4.14. The molecule has 12 heteroatoms. The largest absolute Gasteiger partial charge is 0.514 e. The SMILES string of the molecule is Cc1cc(OC(=O)OCc2ccccc2)cc(C)c1S(=O)(=O)NC(CNC(=O)I)C(=O)O. The van der Waals surface area contributed by atoms with E-state index in [2.05, 4.69) is 10.0 Å². The molecular weight excluding hydrogens is 555 g/mol. The summed E-state index contributed by atoms with van der Waals surface area (Å²) in [4.78, 5) is 34.2. The van der Waals surface area contributed by atoms with Gasteiger partial charge in [0, 0.05) is 29.1 Å². The maximum absolute atomic E-state index is 12.8. The number of ether oxygens (including phenoxy) is 2. The van der Waals surface area contributed by atoms with Gasteiger partial charge in [-0.1, -0.05) is 30.3 Å². The predicted molar refractivity (Wildman–Crippen MR) is 122 cm³/mol. The number of aryl methyl sites for hydroxylation is 2. The second kappa shape index (κ2) is 11.2. The molecule has 0 saturated heterocycles. The first-order valence-corrected chi connectivity index (χ1v) is 11.7. The monoisotopic (exact) mass is 576 g/mol. The van der Waals surface area contributed by atoms with Gasteiger partial charge in [-0.25, -0.2) is 13.2 Å². The molecule has 0 bridgehead atoms. The Morgan fingerprint density at radius 1 is 1.09 bits per heavy atom. The lowest BCUT2D eigenvalue weighted by Gasteiger charge is -2.18. The van der Waals surface area contributed by atoms with Crippen molar-refractivity contribution in [2.45, 2.75) is 31.4 Å². The maximum Gasteiger partial charge on any atom is 0.514 e. The number of aliphatic carboxylic acids is 1. The maximum atomic E-state index is 12.8. The minimum Gasteiger partial charge on any atom is -0.480 e. The number of rotatable bonds is 9. The van der Waals surface area contributed by atoms with E-state index in [1.54, 1.807) is 24.3 Å². The van der Waals surface area contributed by atoms with E-state index in [-0.39, 0.29) is 28.4 Å². The van der Waals surface area contributed by atoms with E-state index in [9.17, 15) is 27.9 Å². The summed E-state index contributed by atoms with van der Waals surface area (Å²) >= 11 is 1.41. The fourth-order valence-corrected chi connectivity index (χ4v) is 4.71. The number of benzene rings is 2. The number of nitrogens with one attached hydrogen (secondary N) is 2. The Balaban J connectivity index is 2.13. The highest BCUT2D eigenvalue weighted by atomic mass is 127. The van der Waals surface area contributed by atoms with Crippen LogP contribution in [0.3, 0.4) is 0 Å². The Labute approximate surface area is 198 Å². The molecule has 0 aliphatic heterocycles. The summed E-state index contributed by atoms with van der Waals surface area (Å²) in [6, 6.07) is 10.1. The van der Waals surface area contributed by atoms with E-state index in [0.29, 0.717) is 0 Å². The molecule has 1 amide bonds. The summed E-state index contributed by atoms with van der Waals surface area (Å²) in [5, 5.41) is 11.5. The van der Waals surface area contributed by atoms with E-state index in [1.807, 2.05) is 6.07 Å². The standard InChI is InChI=1S/C20H21IN2O8S/c1-12-8-15(31-20(27)30-11-14-6-4-3-5-7-14)9-13(2)17(12)32(28,29)23-16(18(24)25)10-22-19(21)26/h3-9,16,23H,10-11H2,1-2H3,(H,22,26)(H,24,25). The molecule has 32 heavy (non-hydrogen) atoms. The highest BCUT2D eigenvalue weighted by Gasteiger charge is 2.28. The van der Waals surface area contributed by atoms with Crippen LogP contribution >= 0.6 is 22.6 Å². The second-order valence-electron chi connectivity index (χ2n) is 6.68. The van der Waals surface area contributed by atoms with Crippen LogP contribution in [0.2, 0.25) is 0 Å². The van der Waals surface area contributed by atoms with Gasteiger partial charge in [-0.3, -0.25) is 9.59 Å². The van der Waals surface area contributed by atoms with E-state index >= 15 is 0 Å². The Morgan fingerprint density at radius 2 is 1.69 bits per heavy atom. The predicted octanol–water partition coefficient (Wildman–Crippen LogP) is 2.90. The van der Waals surface area contributed by atoms with Crippen LogP contribution in [0.4, 0.5) is 9.59 Å². The van der Waals surface area contributed by atoms with Gasteiger partial charge in [-0.15, -0.1) is 0 Å². The first-order valence-electron chi connectivity index (χ1n) is 9.18. The van der Waals surface area contributed by atoms with Gasteiger partial charge in [-0.05, 0) is 42.7 Å². The molecule has 0 heterocycles. The van der Waals surface area contributed by atoms with Crippen molar-refractivity contribution < 1.29 is 37.4 Å². The number of carbonyl (C=O) groups excluding carboxylic acids is 2. The minimum atomic E-state index is -4.26. The van der Waals surface area contributed by atoms with Crippen LogP contribution in [0.25, 0.3) is 0 Å². The van der Waals surface area contributed by atoms with Crippen LogP contribution < -0.4 is 14.8 Å². The van der Waals surface area contributed by atoms with Gasteiger partial charge in [0.15, 0.2) is 0 Å². The zero-order valence-corrected chi connectivity index (χ0v) is 20.1. The number of halogens is 1. The normalized spacial score (nSPS) is 12.0. The zero-order valence-electron chi connectivity index (χ0n) is 17.1. The average Bonchev–Trinajstić information content (AvgIpc) is 2.69. The lowest BCUT2D eigenvalue weighted by Crippen LogP contribution is -2.47. The quantitative estimate of drug-likeness (QED) is 0.136. The van der Waals surface area contributed by atoms with Crippen molar-refractivity contribution in [3.63, 3.8) is 0 Å². The lowest BCUT2D eigenvalue weighted by atomic mass is 10.1. The summed E-state index contributed by atoms with van der Waals surface area (Å²) in [7, 11) is -4.26. The second-order valence-corrected chi connectivity index (χ2v) is 9.31. The number of carbonyl (C=O) groups is 3. The number of carboxylic acid groups (broad SMARTS) is 1. The number of carboxylic acids is 1. The van der Waals surface area contributed by atoms with Gasteiger partial charge in [0.1, 0.15) is 18.4 Å². The molecule has 10 nitrogen and oxygen atoms in total. The molecule has 0 spiro atoms. The van der Waals surface area contributed by atoms with Crippen molar-refractivity contribution >= 4 is 48.7 Å². The van der Waals surface area contributed by atoms with Gasteiger partial charge in [0.05, 0.1) is 4.90 Å². The van der Waals surface area contributed by atoms with Crippen molar-refractivity contribution in [1.29, 1.82) is 0 Å². The smallest absolute Gasteiger partial charge is 0.480 e. The molecule has 2 aromatic carbocycles. The first-order chi connectivity index (χ1) is 15.0. The molecule has 1 atom stereocenters. The summed E-state index contributed by atoms with van der Waals surface area (Å²) in [6.45, 7) is 2.54.